The van der Waals surface area contributed by atoms with E-state index < -0.39 is 16.9 Å². The lowest BCUT2D eigenvalue weighted by atomic mass is 9.88. The van der Waals surface area contributed by atoms with Gasteiger partial charge >= 0.3 is 0 Å². The van der Waals surface area contributed by atoms with Gasteiger partial charge in [0.2, 0.25) is 5.91 Å². The Morgan fingerprint density at radius 2 is 1.85 bits per heavy atom. The zero-order chi connectivity index (χ0) is 19.4. The molecule has 1 amide bonds. The van der Waals surface area contributed by atoms with E-state index in [0.717, 1.165) is 5.56 Å². The lowest BCUT2D eigenvalue weighted by molar-refractivity contribution is -0.384. The van der Waals surface area contributed by atoms with Crippen LogP contribution in [0.2, 0.25) is 0 Å². The van der Waals surface area contributed by atoms with Gasteiger partial charge in [0, 0.05) is 24.4 Å². The minimum atomic E-state index is -0.623. The van der Waals surface area contributed by atoms with Crippen molar-refractivity contribution in [1.82, 2.24) is 16.0 Å². The summed E-state index contributed by atoms with van der Waals surface area (Å²) in [5.74, 6) is -0.837. The van der Waals surface area contributed by atoms with Crippen LogP contribution in [0.15, 0.2) is 66.9 Å². The molecule has 1 fully saturated rings. The molecular formula is C19H18N4O3S. The lowest BCUT2D eigenvalue weighted by Crippen LogP contribution is -2.52. The van der Waals surface area contributed by atoms with Gasteiger partial charge in [0.25, 0.3) is 5.69 Å². The summed E-state index contributed by atoms with van der Waals surface area (Å²) in [5.41, 5.74) is 2.16. The molecule has 1 saturated heterocycles. The molecule has 3 rings (SSSR count). The molecule has 0 radical (unpaired) electrons. The number of carbonyl (C=O) groups excluding carboxylic acids is 1. The highest BCUT2D eigenvalue weighted by atomic mass is 32.1. The van der Waals surface area contributed by atoms with Crippen LogP contribution in [-0.4, -0.2) is 15.9 Å². The number of rotatable bonds is 5. The predicted molar refractivity (Wildman–Crippen MR) is 106 cm³/mol. The number of nitrogens with one attached hydrogen (secondary N) is 3. The molecule has 0 unspecified atom stereocenters. The minimum absolute atomic E-state index is 0.0147. The second-order valence-electron chi connectivity index (χ2n) is 6.13. The predicted octanol–water partition coefficient (Wildman–Crippen LogP) is 2.56. The highest BCUT2D eigenvalue weighted by molar-refractivity contribution is 7.80. The van der Waals surface area contributed by atoms with E-state index in [4.69, 9.17) is 12.2 Å². The largest absolute Gasteiger partial charge is 0.354 e. The van der Waals surface area contributed by atoms with Crippen LogP contribution in [-0.2, 0) is 11.3 Å². The molecule has 0 spiro atoms. The van der Waals surface area contributed by atoms with Crippen LogP contribution in [0.5, 0.6) is 0 Å². The Balaban J connectivity index is 1.80. The maximum Gasteiger partial charge on any atom is 0.269 e. The number of amides is 1. The van der Waals surface area contributed by atoms with Crippen LogP contribution in [0, 0.1) is 16.0 Å². The van der Waals surface area contributed by atoms with E-state index in [1.807, 2.05) is 30.3 Å². The van der Waals surface area contributed by atoms with Crippen molar-refractivity contribution in [1.29, 1.82) is 0 Å². The van der Waals surface area contributed by atoms with E-state index in [1.165, 1.54) is 12.1 Å². The molecule has 2 aromatic carbocycles. The summed E-state index contributed by atoms with van der Waals surface area (Å²) < 4.78 is 0. The van der Waals surface area contributed by atoms with Gasteiger partial charge < -0.3 is 16.0 Å². The van der Waals surface area contributed by atoms with Gasteiger partial charge in [-0.15, -0.1) is 0 Å². The van der Waals surface area contributed by atoms with Crippen molar-refractivity contribution < 1.29 is 9.72 Å². The fourth-order valence-corrected chi connectivity index (χ4v) is 3.23. The van der Waals surface area contributed by atoms with Gasteiger partial charge in [0.1, 0.15) is 5.92 Å². The van der Waals surface area contributed by atoms with Crippen LogP contribution in [0.3, 0.4) is 0 Å². The SMILES string of the molecule is C=C1NC(=S)N[C@@H](c2ccc([N+](=O)[O-])cc2)[C@@H]1C(=O)NCc1ccccc1. The third kappa shape index (κ3) is 4.29. The fraction of sp³-hybridized carbons (Fsp3) is 0.158. The number of hydrogen-bond donors (Lipinski definition) is 3. The van der Waals surface area contributed by atoms with Crippen LogP contribution in [0.1, 0.15) is 17.2 Å². The summed E-state index contributed by atoms with van der Waals surface area (Å²) in [6.45, 7) is 4.33. The normalized spacial score (nSPS) is 19.0. The summed E-state index contributed by atoms with van der Waals surface area (Å²) in [5, 5.41) is 20.1. The molecule has 1 aliphatic rings. The molecule has 1 aliphatic heterocycles. The Labute approximate surface area is 161 Å². The first-order valence-electron chi connectivity index (χ1n) is 8.28. The smallest absolute Gasteiger partial charge is 0.269 e. The van der Waals surface area contributed by atoms with E-state index in [1.54, 1.807) is 12.1 Å². The molecule has 138 valence electrons. The average molecular weight is 382 g/mol. The molecule has 8 heteroatoms. The minimum Gasteiger partial charge on any atom is -0.354 e. The molecular weight excluding hydrogens is 364 g/mol. The summed E-state index contributed by atoms with van der Waals surface area (Å²) >= 11 is 5.18. The van der Waals surface area contributed by atoms with E-state index in [9.17, 15) is 14.9 Å². The molecule has 2 atom stereocenters. The van der Waals surface area contributed by atoms with Gasteiger partial charge in [-0.2, -0.15) is 0 Å². The first kappa shape index (κ1) is 18.5. The molecule has 0 aromatic heterocycles. The number of carbonyl (C=O) groups is 1. The van der Waals surface area contributed by atoms with Gasteiger partial charge in [-0.25, -0.2) is 0 Å². The molecule has 1 heterocycles. The summed E-state index contributed by atoms with van der Waals surface area (Å²) in [7, 11) is 0. The highest BCUT2D eigenvalue weighted by Crippen LogP contribution is 2.30. The van der Waals surface area contributed by atoms with E-state index >= 15 is 0 Å². The van der Waals surface area contributed by atoms with Gasteiger partial charge in [-0.3, -0.25) is 14.9 Å². The monoisotopic (exact) mass is 382 g/mol. The maximum atomic E-state index is 12.8. The third-order valence-corrected chi connectivity index (χ3v) is 4.54. The number of thiocarbonyl (C=S) groups is 1. The number of nitro groups is 1. The van der Waals surface area contributed by atoms with E-state index in [2.05, 4.69) is 22.5 Å². The summed E-state index contributed by atoms with van der Waals surface area (Å²) in [6, 6.07) is 15.2. The van der Waals surface area contributed by atoms with Gasteiger partial charge in [0.05, 0.1) is 11.0 Å². The van der Waals surface area contributed by atoms with Crippen molar-refractivity contribution in [2.24, 2.45) is 5.92 Å². The molecule has 0 bridgehead atoms. The second-order valence-corrected chi connectivity index (χ2v) is 6.54. The van der Waals surface area contributed by atoms with Gasteiger partial charge in [-0.1, -0.05) is 49.0 Å². The van der Waals surface area contributed by atoms with Crippen molar-refractivity contribution in [2.45, 2.75) is 12.6 Å². The fourth-order valence-electron chi connectivity index (χ4n) is 2.97. The zero-order valence-electron chi connectivity index (χ0n) is 14.3. The number of benzene rings is 2. The summed E-state index contributed by atoms with van der Waals surface area (Å²) in [6.07, 6.45) is 0. The first-order valence-corrected chi connectivity index (χ1v) is 8.69. The number of non-ortho nitro benzene ring substituents is 1. The molecule has 0 saturated carbocycles. The van der Waals surface area contributed by atoms with Crippen molar-refractivity contribution in [3.8, 4) is 0 Å². The zero-order valence-corrected chi connectivity index (χ0v) is 15.2. The molecule has 3 N–H and O–H groups in total. The van der Waals surface area contributed by atoms with Crippen LogP contribution >= 0.6 is 12.2 Å². The Morgan fingerprint density at radius 3 is 2.48 bits per heavy atom. The third-order valence-electron chi connectivity index (χ3n) is 4.32. The van der Waals surface area contributed by atoms with E-state index in [-0.39, 0.29) is 11.6 Å². The Hall–Kier alpha value is -3.26. The molecule has 2 aromatic rings. The van der Waals surface area contributed by atoms with Gasteiger partial charge in [0.15, 0.2) is 5.11 Å². The van der Waals surface area contributed by atoms with Crippen molar-refractivity contribution in [3.63, 3.8) is 0 Å². The van der Waals surface area contributed by atoms with Crippen molar-refractivity contribution >= 4 is 28.9 Å². The van der Waals surface area contributed by atoms with Crippen LogP contribution < -0.4 is 16.0 Å². The quantitative estimate of drug-likeness (QED) is 0.418. The maximum absolute atomic E-state index is 12.8. The molecule has 0 aliphatic carbocycles. The van der Waals surface area contributed by atoms with Crippen LogP contribution in [0.4, 0.5) is 5.69 Å². The summed E-state index contributed by atoms with van der Waals surface area (Å²) in [4.78, 5) is 23.2. The topological polar surface area (TPSA) is 96.3 Å². The van der Waals surface area contributed by atoms with Crippen molar-refractivity contribution in [3.05, 3.63) is 88.1 Å². The highest BCUT2D eigenvalue weighted by Gasteiger charge is 2.36. The Bertz CT molecular complexity index is 884. The number of nitrogens with zero attached hydrogens (tertiary/aromatic N) is 1. The van der Waals surface area contributed by atoms with E-state index in [0.29, 0.717) is 22.9 Å². The Morgan fingerprint density at radius 1 is 1.19 bits per heavy atom. The Kier molecular flexibility index (Phi) is 5.46. The second kappa shape index (κ2) is 7.96. The lowest BCUT2D eigenvalue weighted by Gasteiger charge is -2.35. The first-order chi connectivity index (χ1) is 13.0. The standard InChI is InChI=1S/C19H18N4O3S/c1-12-16(18(24)20-11-13-5-3-2-4-6-13)17(22-19(27)21-12)14-7-9-15(10-8-14)23(25)26/h2-10,16-17H,1,11H2,(H,20,24)(H2,21,22,27)/t16-,17+/m1/s1. The van der Waals surface area contributed by atoms with Gasteiger partial charge in [-0.05, 0) is 23.3 Å². The molecule has 7 nitrogen and oxygen atoms in total. The average Bonchev–Trinajstić information content (AvgIpc) is 2.66. The number of hydrogen-bond acceptors (Lipinski definition) is 4. The van der Waals surface area contributed by atoms with Crippen LogP contribution in [0.25, 0.3) is 0 Å². The van der Waals surface area contributed by atoms with Crippen molar-refractivity contribution in [2.75, 3.05) is 0 Å². The number of nitro benzene ring substituents is 1. The molecule has 27 heavy (non-hydrogen) atoms.